The first-order valence-electron chi connectivity index (χ1n) is 8.48. The van der Waals surface area contributed by atoms with Crippen LogP contribution in [0.5, 0.6) is 0 Å². The van der Waals surface area contributed by atoms with Crippen LogP contribution < -0.4 is 10.2 Å². The fraction of sp³-hybridized carbons (Fsp3) is 0.412. The molecule has 1 aliphatic heterocycles. The van der Waals surface area contributed by atoms with E-state index in [4.69, 9.17) is 11.6 Å². The van der Waals surface area contributed by atoms with Crippen molar-refractivity contribution in [3.63, 3.8) is 0 Å². The third-order valence-corrected chi connectivity index (χ3v) is 4.59. The smallest absolute Gasteiger partial charge is 0.289 e. The number of hydrogen-bond acceptors (Lipinski definition) is 7. The summed E-state index contributed by atoms with van der Waals surface area (Å²) in [4.78, 5) is 23.4. The Bertz CT molecular complexity index is 752. The van der Waals surface area contributed by atoms with Gasteiger partial charge in [-0.1, -0.05) is 17.7 Å². The quantitative estimate of drug-likeness (QED) is 0.612. The van der Waals surface area contributed by atoms with E-state index in [0.717, 1.165) is 38.5 Å². The maximum atomic E-state index is 10.7. The number of hydrogen-bond donors (Lipinski definition) is 1. The van der Waals surface area contributed by atoms with Crippen LogP contribution in [0.1, 0.15) is 6.92 Å². The second-order valence-electron chi connectivity index (χ2n) is 6.30. The van der Waals surface area contributed by atoms with Crippen molar-refractivity contribution in [1.82, 2.24) is 14.9 Å². The molecule has 0 aromatic carbocycles. The van der Waals surface area contributed by atoms with Crippen molar-refractivity contribution < 1.29 is 4.92 Å². The largest absolute Gasteiger partial charge is 0.365 e. The lowest BCUT2D eigenvalue weighted by atomic mass is 10.2. The number of pyridine rings is 2. The Kier molecular flexibility index (Phi) is 5.85. The number of aromatic nitrogens is 2. The zero-order valence-electron chi connectivity index (χ0n) is 14.5. The SMILES string of the molecule is CC(CN1CCN(c2ccccn2)CC1)Nc1ncc([N+](=O)[O-])cc1Cl. The van der Waals surface area contributed by atoms with E-state index >= 15 is 0 Å². The van der Waals surface area contributed by atoms with Gasteiger partial charge in [0.15, 0.2) is 0 Å². The first-order chi connectivity index (χ1) is 12.5. The summed E-state index contributed by atoms with van der Waals surface area (Å²) in [6.45, 7) is 6.64. The Morgan fingerprint density at radius 2 is 2.08 bits per heavy atom. The molecule has 1 saturated heterocycles. The number of nitro groups is 1. The normalized spacial score (nSPS) is 16.3. The standard InChI is InChI=1S/C17H21ClN6O2/c1-13(21-17-15(18)10-14(11-20-17)24(25)26)12-22-6-8-23(9-7-22)16-4-2-3-5-19-16/h2-5,10-11,13H,6-9,12H2,1H3,(H,20,21). The zero-order valence-corrected chi connectivity index (χ0v) is 15.3. The van der Waals surface area contributed by atoms with E-state index in [2.05, 4.69) is 25.1 Å². The van der Waals surface area contributed by atoms with Crippen LogP contribution in [0.3, 0.4) is 0 Å². The van der Waals surface area contributed by atoms with Crippen molar-refractivity contribution in [1.29, 1.82) is 0 Å². The third-order valence-electron chi connectivity index (χ3n) is 4.30. The van der Waals surface area contributed by atoms with Gasteiger partial charge in [-0.2, -0.15) is 0 Å². The molecule has 1 unspecified atom stereocenters. The fourth-order valence-electron chi connectivity index (χ4n) is 3.00. The first-order valence-corrected chi connectivity index (χ1v) is 8.85. The molecule has 1 atom stereocenters. The lowest BCUT2D eigenvalue weighted by Gasteiger charge is -2.36. The van der Waals surface area contributed by atoms with Gasteiger partial charge in [0.2, 0.25) is 0 Å². The molecule has 2 aromatic heterocycles. The minimum absolute atomic E-state index is 0.112. The second-order valence-corrected chi connectivity index (χ2v) is 6.71. The molecule has 26 heavy (non-hydrogen) atoms. The minimum Gasteiger partial charge on any atom is -0.365 e. The number of piperazine rings is 1. The highest BCUT2D eigenvalue weighted by molar-refractivity contribution is 6.33. The van der Waals surface area contributed by atoms with Crippen molar-refractivity contribution in [2.75, 3.05) is 42.9 Å². The summed E-state index contributed by atoms with van der Waals surface area (Å²) in [5, 5.41) is 14.2. The summed E-state index contributed by atoms with van der Waals surface area (Å²) in [5.74, 6) is 1.48. The van der Waals surface area contributed by atoms with Gasteiger partial charge in [0.25, 0.3) is 5.69 Å². The predicted molar refractivity (Wildman–Crippen MR) is 102 cm³/mol. The van der Waals surface area contributed by atoms with E-state index in [0.29, 0.717) is 5.82 Å². The van der Waals surface area contributed by atoms with E-state index in [-0.39, 0.29) is 16.8 Å². The molecule has 138 valence electrons. The van der Waals surface area contributed by atoms with Crippen LogP contribution in [-0.2, 0) is 0 Å². The van der Waals surface area contributed by atoms with Crippen LogP contribution >= 0.6 is 11.6 Å². The Labute approximate surface area is 157 Å². The number of nitrogens with one attached hydrogen (secondary N) is 1. The van der Waals surface area contributed by atoms with E-state index in [1.54, 1.807) is 0 Å². The highest BCUT2D eigenvalue weighted by Crippen LogP contribution is 2.24. The van der Waals surface area contributed by atoms with Crippen molar-refractivity contribution in [2.24, 2.45) is 0 Å². The van der Waals surface area contributed by atoms with Gasteiger partial charge in [-0.3, -0.25) is 15.0 Å². The van der Waals surface area contributed by atoms with E-state index in [1.807, 2.05) is 31.3 Å². The van der Waals surface area contributed by atoms with Gasteiger partial charge in [0.05, 0.1) is 9.95 Å². The van der Waals surface area contributed by atoms with Crippen LogP contribution in [-0.4, -0.2) is 58.6 Å². The van der Waals surface area contributed by atoms with Gasteiger partial charge in [-0.25, -0.2) is 9.97 Å². The summed E-state index contributed by atoms with van der Waals surface area (Å²) in [5.41, 5.74) is -0.112. The number of anilines is 2. The van der Waals surface area contributed by atoms with Crippen LogP contribution in [0.4, 0.5) is 17.3 Å². The van der Waals surface area contributed by atoms with Crippen LogP contribution in [0.15, 0.2) is 36.7 Å². The van der Waals surface area contributed by atoms with Gasteiger partial charge in [-0.15, -0.1) is 0 Å². The van der Waals surface area contributed by atoms with Crippen LogP contribution in [0.2, 0.25) is 5.02 Å². The predicted octanol–water partition coefficient (Wildman–Crippen LogP) is 2.66. The first kappa shape index (κ1) is 18.3. The molecule has 0 amide bonds. The van der Waals surface area contributed by atoms with Gasteiger partial charge in [0, 0.05) is 51.0 Å². The summed E-state index contributed by atoms with van der Waals surface area (Å²) >= 11 is 6.09. The van der Waals surface area contributed by atoms with Gasteiger partial charge >= 0.3 is 0 Å². The van der Waals surface area contributed by atoms with Gasteiger partial charge < -0.3 is 10.2 Å². The average molecular weight is 377 g/mol. The molecule has 3 heterocycles. The molecular formula is C17H21ClN6O2. The molecule has 8 nitrogen and oxygen atoms in total. The highest BCUT2D eigenvalue weighted by Gasteiger charge is 2.20. The second kappa shape index (κ2) is 8.29. The highest BCUT2D eigenvalue weighted by atomic mass is 35.5. The third kappa shape index (κ3) is 4.59. The Morgan fingerprint density at radius 3 is 2.69 bits per heavy atom. The molecule has 1 aliphatic rings. The number of nitrogens with zero attached hydrogens (tertiary/aromatic N) is 5. The monoisotopic (exact) mass is 376 g/mol. The van der Waals surface area contributed by atoms with Crippen molar-refractivity contribution in [3.05, 3.63) is 51.8 Å². The summed E-state index contributed by atoms with van der Waals surface area (Å²) in [6, 6.07) is 7.38. The topological polar surface area (TPSA) is 87.4 Å². The summed E-state index contributed by atoms with van der Waals surface area (Å²) in [7, 11) is 0. The number of rotatable bonds is 6. The molecule has 2 aromatic rings. The summed E-state index contributed by atoms with van der Waals surface area (Å²) in [6.07, 6.45) is 3.03. The number of halogens is 1. The van der Waals surface area contributed by atoms with Crippen molar-refractivity contribution in [2.45, 2.75) is 13.0 Å². The van der Waals surface area contributed by atoms with Crippen LogP contribution in [0.25, 0.3) is 0 Å². The molecule has 3 rings (SSSR count). The Hall–Kier alpha value is -2.45. The van der Waals surface area contributed by atoms with Crippen molar-refractivity contribution in [3.8, 4) is 0 Å². The molecule has 1 fully saturated rings. The van der Waals surface area contributed by atoms with E-state index < -0.39 is 4.92 Å². The fourth-order valence-corrected chi connectivity index (χ4v) is 3.22. The lowest BCUT2D eigenvalue weighted by Crippen LogP contribution is -2.49. The minimum atomic E-state index is -0.507. The maximum absolute atomic E-state index is 10.7. The Morgan fingerprint density at radius 1 is 1.31 bits per heavy atom. The Balaban J connectivity index is 1.50. The molecule has 0 aliphatic carbocycles. The molecule has 0 bridgehead atoms. The summed E-state index contributed by atoms with van der Waals surface area (Å²) < 4.78 is 0. The molecule has 0 saturated carbocycles. The lowest BCUT2D eigenvalue weighted by molar-refractivity contribution is -0.385. The zero-order chi connectivity index (χ0) is 18.5. The molecule has 0 radical (unpaired) electrons. The van der Waals surface area contributed by atoms with Crippen molar-refractivity contribution >= 4 is 28.9 Å². The molecule has 1 N–H and O–H groups in total. The van der Waals surface area contributed by atoms with Gasteiger partial charge in [0.1, 0.15) is 17.8 Å². The molecule has 9 heteroatoms. The molecule has 0 spiro atoms. The van der Waals surface area contributed by atoms with E-state index in [1.165, 1.54) is 12.3 Å². The maximum Gasteiger partial charge on any atom is 0.289 e. The van der Waals surface area contributed by atoms with E-state index in [9.17, 15) is 10.1 Å². The average Bonchev–Trinajstić information content (AvgIpc) is 2.64. The van der Waals surface area contributed by atoms with Gasteiger partial charge in [-0.05, 0) is 19.1 Å². The van der Waals surface area contributed by atoms with Crippen LogP contribution in [0, 0.1) is 10.1 Å². The molecular weight excluding hydrogens is 356 g/mol.